The monoisotopic (exact) mass is 503 g/mol. The summed E-state index contributed by atoms with van der Waals surface area (Å²) in [7, 11) is -3.09. The lowest BCUT2D eigenvalue weighted by atomic mass is 9.84. The molecule has 0 saturated carbocycles. The van der Waals surface area contributed by atoms with Crippen LogP contribution in [0.2, 0.25) is 0 Å². The molecule has 1 aliphatic rings. The number of benzene rings is 1. The predicted molar refractivity (Wildman–Crippen MR) is 121 cm³/mol. The molecule has 3 rings (SSSR count). The Morgan fingerprint density at radius 3 is 2.41 bits per heavy atom. The Morgan fingerprint density at radius 2 is 1.79 bits per heavy atom. The fourth-order valence-electron chi connectivity index (χ4n) is 3.84. The highest BCUT2D eigenvalue weighted by atomic mass is 32.2. The van der Waals surface area contributed by atoms with Gasteiger partial charge < -0.3 is 9.64 Å². The number of rotatable bonds is 8. The van der Waals surface area contributed by atoms with Gasteiger partial charge in [-0.2, -0.15) is 13.2 Å². The van der Waals surface area contributed by atoms with Gasteiger partial charge in [0.05, 0.1) is 36.3 Å². The minimum Gasteiger partial charge on any atom is -0.377 e. The minimum atomic E-state index is -4.44. The van der Waals surface area contributed by atoms with Gasteiger partial charge in [-0.1, -0.05) is 26.0 Å². The maximum Gasteiger partial charge on any atom is 0.416 e. The van der Waals surface area contributed by atoms with Crippen molar-refractivity contribution in [3.63, 3.8) is 0 Å². The molecular formula is C23H29F4N3O3S. The Labute approximate surface area is 197 Å². The molecular weight excluding hydrogens is 474 g/mol. The zero-order valence-corrected chi connectivity index (χ0v) is 20.2. The van der Waals surface area contributed by atoms with E-state index in [1.54, 1.807) is 4.90 Å². The number of aryl methyl sites for hydroxylation is 1. The van der Waals surface area contributed by atoms with Crippen molar-refractivity contribution in [2.45, 2.75) is 45.3 Å². The Hall–Kier alpha value is -2.27. The molecule has 1 aromatic heterocycles. The predicted octanol–water partition coefficient (Wildman–Crippen LogP) is 4.61. The first kappa shape index (κ1) is 26.3. The van der Waals surface area contributed by atoms with E-state index in [9.17, 15) is 21.6 Å². The summed E-state index contributed by atoms with van der Waals surface area (Å²) >= 11 is 0. The van der Waals surface area contributed by atoms with Crippen LogP contribution in [0.25, 0.3) is 0 Å². The molecule has 2 heterocycles. The van der Waals surface area contributed by atoms with Crippen molar-refractivity contribution in [3.05, 3.63) is 53.2 Å². The summed E-state index contributed by atoms with van der Waals surface area (Å²) in [6.07, 6.45) is -0.699. The van der Waals surface area contributed by atoms with Crippen LogP contribution in [0, 0.1) is 11.2 Å². The Balaban J connectivity index is 1.79. The molecule has 2 aromatic rings. The van der Waals surface area contributed by atoms with E-state index in [0.717, 1.165) is 12.1 Å². The van der Waals surface area contributed by atoms with Gasteiger partial charge in [0.15, 0.2) is 11.6 Å². The van der Waals surface area contributed by atoms with Crippen LogP contribution < -0.4 is 4.90 Å². The highest BCUT2D eigenvalue weighted by molar-refractivity contribution is 7.90. The molecule has 188 valence electrons. The van der Waals surface area contributed by atoms with Crippen LogP contribution in [0.5, 0.6) is 0 Å². The van der Waals surface area contributed by atoms with Crippen molar-refractivity contribution in [2.24, 2.45) is 5.41 Å². The molecule has 1 aromatic carbocycles. The topological polar surface area (TPSA) is 72.4 Å². The molecule has 6 nitrogen and oxygen atoms in total. The van der Waals surface area contributed by atoms with Crippen LogP contribution >= 0.6 is 0 Å². The van der Waals surface area contributed by atoms with Crippen molar-refractivity contribution in [2.75, 3.05) is 36.7 Å². The molecule has 11 heteroatoms. The van der Waals surface area contributed by atoms with Gasteiger partial charge in [0, 0.05) is 12.8 Å². The number of aromatic nitrogens is 2. The van der Waals surface area contributed by atoms with Gasteiger partial charge >= 0.3 is 6.18 Å². The third-order valence-electron chi connectivity index (χ3n) is 6.05. The fourth-order valence-corrected chi connectivity index (χ4v) is 4.76. The van der Waals surface area contributed by atoms with Crippen LogP contribution in [0.4, 0.5) is 23.4 Å². The molecule has 0 bridgehead atoms. The minimum absolute atomic E-state index is 0.0556. The largest absolute Gasteiger partial charge is 0.416 e. The molecule has 1 atom stereocenters. The van der Waals surface area contributed by atoms with Crippen molar-refractivity contribution < 1.29 is 30.7 Å². The van der Waals surface area contributed by atoms with Crippen molar-refractivity contribution >= 4 is 15.7 Å². The smallest absolute Gasteiger partial charge is 0.377 e. The maximum atomic E-state index is 15.5. The first-order valence-corrected chi connectivity index (χ1v) is 13.0. The average molecular weight is 504 g/mol. The molecule has 1 aliphatic heterocycles. The third kappa shape index (κ3) is 6.88. The van der Waals surface area contributed by atoms with E-state index in [-0.39, 0.29) is 29.3 Å². The molecule has 0 unspecified atom stereocenters. The van der Waals surface area contributed by atoms with E-state index in [2.05, 4.69) is 9.97 Å². The average Bonchev–Trinajstić information content (AvgIpc) is 2.76. The fraction of sp³-hybridized carbons (Fsp3) is 0.565. The standard InChI is InChI=1S/C23H29F4N3O3S/c1-22(2,10-13-34(3,31)32)9-8-18-20(24)21(29-15-28-18)30-11-12-33-14-19(30)16-4-6-17(7-5-16)23(25,26)27/h4-7,15,19H,8-14H2,1-3H3/t19-/m1/s1. The number of halogens is 4. The number of alkyl halides is 3. The quantitative estimate of drug-likeness (QED) is 0.490. The number of nitrogens with zero attached hydrogens (tertiary/aromatic N) is 3. The molecule has 1 saturated heterocycles. The third-order valence-corrected chi connectivity index (χ3v) is 7.00. The number of anilines is 1. The number of hydrogen-bond donors (Lipinski definition) is 0. The van der Waals surface area contributed by atoms with E-state index >= 15 is 4.39 Å². The summed E-state index contributed by atoms with van der Waals surface area (Å²) in [6, 6.07) is 4.25. The second kappa shape index (κ2) is 10.2. The summed E-state index contributed by atoms with van der Waals surface area (Å²) < 4.78 is 82.8. The summed E-state index contributed by atoms with van der Waals surface area (Å²) in [5.74, 6) is -0.451. The second-order valence-corrected chi connectivity index (χ2v) is 11.7. The van der Waals surface area contributed by atoms with Gasteiger partial charge in [0.2, 0.25) is 0 Å². The number of hydrogen-bond acceptors (Lipinski definition) is 6. The molecule has 0 radical (unpaired) electrons. The van der Waals surface area contributed by atoms with Crippen LogP contribution in [-0.2, 0) is 27.2 Å². The van der Waals surface area contributed by atoms with Gasteiger partial charge in [0.1, 0.15) is 16.2 Å². The van der Waals surface area contributed by atoms with Gasteiger partial charge in [-0.05, 0) is 42.4 Å². The zero-order valence-electron chi connectivity index (χ0n) is 19.4. The van der Waals surface area contributed by atoms with Crippen molar-refractivity contribution in [3.8, 4) is 0 Å². The number of ether oxygens (including phenoxy) is 1. The van der Waals surface area contributed by atoms with Crippen molar-refractivity contribution in [1.29, 1.82) is 0 Å². The normalized spacial score (nSPS) is 17.7. The van der Waals surface area contributed by atoms with E-state index in [4.69, 9.17) is 4.74 Å². The molecule has 0 amide bonds. The van der Waals surface area contributed by atoms with Crippen LogP contribution in [0.1, 0.15) is 49.6 Å². The summed E-state index contributed by atoms with van der Waals surface area (Å²) in [5, 5.41) is 0. The van der Waals surface area contributed by atoms with E-state index < -0.39 is 33.4 Å². The number of morpholine rings is 1. The lowest BCUT2D eigenvalue weighted by Gasteiger charge is -2.37. The highest BCUT2D eigenvalue weighted by Gasteiger charge is 2.33. The van der Waals surface area contributed by atoms with Gasteiger partial charge in [-0.15, -0.1) is 0 Å². The number of sulfone groups is 1. The molecule has 1 fully saturated rings. The molecule has 0 spiro atoms. The lowest BCUT2D eigenvalue weighted by Crippen LogP contribution is -2.40. The van der Waals surface area contributed by atoms with Crippen LogP contribution in [0.3, 0.4) is 0 Å². The van der Waals surface area contributed by atoms with Crippen molar-refractivity contribution in [1.82, 2.24) is 9.97 Å². The SMILES string of the molecule is CC(C)(CCc1ncnc(N2CCOC[C@@H]2c2ccc(C(F)(F)F)cc2)c1F)CCS(C)(=O)=O. The van der Waals surface area contributed by atoms with Gasteiger partial charge in [-0.25, -0.2) is 22.8 Å². The maximum absolute atomic E-state index is 15.5. The first-order chi connectivity index (χ1) is 15.8. The zero-order chi connectivity index (χ0) is 25.1. The van der Waals surface area contributed by atoms with E-state index in [1.165, 1.54) is 24.7 Å². The Kier molecular flexibility index (Phi) is 7.86. The summed E-state index contributed by atoms with van der Waals surface area (Å²) in [4.78, 5) is 9.92. The van der Waals surface area contributed by atoms with Gasteiger partial charge in [0.25, 0.3) is 0 Å². The summed E-state index contributed by atoms with van der Waals surface area (Å²) in [6.45, 7) is 4.69. The van der Waals surface area contributed by atoms with Crippen LogP contribution in [0.15, 0.2) is 30.6 Å². The molecule has 34 heavy (non-hydrogen) atoms. The summed E-state index contributed by atoms with van der Waals surface area (Å²) in [5.41, 5.74) is -0.305. The molecule has 0 N–H and O–H groups in total. The Morgan fingerprint density at radius 1 is 1.12 bits per heavy atom. The Bertz CT molecular complexity index is 1090. The highest BCUT2D eigenvalue weighted by Crippen LogP contribution is 2.35. The molecule has 0 aliphatic carbocycles. The lowest BCUT2D eigenvalue weighted by molar-refractivity contribution is -0.137. The first-order valence-electron chi connectivity index (χ1n) is 11.0. The van der Waals surface area contributed by atoms with E-state index in [1.807, 2.05) is 13.8 Å². The van der Waals surface area contributed by atoms with E-state index in [0.29, 0.717) is 38.0 Å². The van der Waals surface area contributed by atoms with Crippen LogP contribution in [-0.4, -0.2) is 50.2 Å². The van der Waals surface area contributed by atoms with Gasteiger partial charge in [-0.3, -0.25) is 0 Å². The second-order valence-electron chi connectivity index (χ2n) is 9.41.